The van der Waals surface area contributed by atoms with E-state index in [1.54, 1.807) is 18.2 Å². The summed E-state index contributed by atoms with van der Waals surface area (Å²) in [4.78, 5) is 0.818. The van der Waals surface area contributed by atoms with Gasteiger partial charge >= 0.3 is 0 Å². The molecule has 0 amide bonds. The summed E-state index contributed by atoms with van der Waals surface area (Å²) in [5.74, 6) is 0.00844. The summed E-state index contributed by atoms with van der Waals surface area (Å²) in [5.41, 5.74) is 0.896. The van der Waals surface area contributed by atoms with Crippen molar-refractivity contribution in [2.45, 2.75) is 0 Å². The lowest BCUT2D eigenvalue weighted by Gasteiger charge is -2.02. The molecule has 19 heavy (non-hydrogen) atoms. The van der Waals surface area contributed by atoms with Gasteiger partial charge in [0.15, 0.2) is 0 Å². The van der Waals surface area contributed by atoms with Gasteiger partial charge in [0.1, 0.15) is 11.5 Å². The summed E-state index contributed by atoms with van der Waals surface area (Å²) in [6.07, 6.45) is 3.19. The lowest BCUT2D eigenvalue weighted by atomic mass is 10.1. The molecule has 98 valence electrons. The molecule has 0 aliphatic rings. The predicted molar refractivity (Wildman–Crippen MR) is 79.8 cm³/mol. The minimum Gasteiger partial charge on any atom is -0.507 e. The molecule has 0 spiro atoms. The third-order valence-corrected chi connectivity index (χ3v) is 3.99. The van der Waals surface area contributed by atoms with Crippen LogP contribution in [0, 0.1) is 0 Å². The van der Waals surface area contributed by atoms with Gasteiger partial charge in [-0.05, 0) is 29.7 Å². The van der Waals surface area contributed by atoms with Crippen molar-refractivity contribution in [2.75, 3.05) is 0 Å². The maximum Gasteiger partial charge on any atom is 0.124 e. The first-order chi connectivity index (χ1) is 9.11. The highest BCUT2D eigenvalue weighted by atomic mass is 35.5. The number of aromatic hydroxyl groups is 1. The fraction of sp³-hybridized carbons (Fsp3) is 0. The van der Waals surface area contributed by atoms with Crippen LogP contribution in [0.3, 0.4) is 0 Å². The highest BCUT2D eigenvalue weighted by Crippen LogP contribution is 2.30. The van der Waals surface area contributed by atoms with Crippen LogP contribution in [0.25, 0.3) is 6.08 Å². The number of oxime groups is 1. The van der Waals surface area contributed by atoms with E-state index in [-0.39, 0.29) is 10.8 Å². The Morgan fingerprint density at radius 1 is 1.26 bits per heavy atom. The molecule has 1 heterocycles. The molecule has 2 aromatic rings. The first-order valence-electron chi connectivity index (χ1n) is 5.24. The van der Waals surface area contributed by atoms with Gasteiger partial charge in [0.05, 0.1) is 14.9 Å². The second-order valence-electron chi connectivity index (χ2n) is 3.62. The zero-order valence-electron chi connectivity index (χ0n) is 9.55. The maximum absolute atomic E-state index is 9.74. The molecule has 2 rings (SSSR count). The number of hydrogen-bond donors (Lipinski definition) is 2. The van der Waals surface area contributed by atoms with Crippen LogP contribution < -0.4 is 0 Å². The highest BCUT2D eigenvalue weighted by molar-refractivity contribution is 7.12. The zero-order chi connectivity index (χ0) is 13.8. The third-order valence-electron chi connectivity index (χ3n) is 2.37. The van der Waals surface area contributed by atoms with E-state index in [1.807, 2.05) is 17.5 Å². The fourth-order valence-electron chi connectivity index (χ4n) is 1.44. The Morgan fingerprint density at radius 3 is 2.63 bits per heavy atom. The minimum absolute atomic E-state index is 0.00844. The smallest absolute Gasteiger partial charge is 0.124 e. The first-order valence-corrected chi connectivity index (χ1v) is 6.87. The molecule has 1 aromatic carbocycles. The molecule has 0 saturated heterocycles. The summed E-state index contributed by atoms with van der Waals surface area (Å²) in [6.45, 7) is 0. The number of allylic oxidation sites excluding steroid dienone is 1. The van der Waals surface area contributed by atoms with Crippen LogP contribution in [0.4, 0.5) is 0 Å². The summed E-state index contributed by atoms with van der Waals surface area (Å²) >= 11 is 13.1. The number of hydrogen-bond acceptors (Lipinski definition) is 4. The van der Waals surface area contributed by atoms with E-state index in [1.165, 1.54) is 17.4 Å². The van der Waals surface area contributed by atoms with E-state index < -0.39 is 0 Å². The van der Waals surface area contributed by atoms with Crippen LogP contribution in [-0.2, 0) is 0 Å². The average Bonchev–Trinajstić information content (AvgIpc) is 2.90. The van der Waals surface area contributed by atoms with Crippen molar-refractivity contribution in [1.82, 2.24) is 0 Å². The number of nitrogens with zero attached hydrogens (tertiary/aromatic N) is 1. The van der Waals surface area contributed by atoms with E-state index in [0.717, 1.165) is 4.88 Å². The van der Waals surface area contributed by atoms with Crippen LogP contribution in [0.2, 0.25) is 10.0 Å². The topological polar surface area (TPSA) is 52.8 Å². The Morgan fingerprint density at radius 2 is 2.00 bits per heavy atom. The molecule has 3 nitrogen and oxygen atoms in total. The largest absolute Gasteiger partial charge is 0.507 e. The fourth-order valence-corrected chi connectivity index (χ4v) is 2.46. The second-order valence-corrected chi connectivity index (χ2v) is 5.38. The molecule has 0 aliphatic heterocycles. The molecule has 0 bridgehead atoms. The van der Waals surface area contributed by atoms with Gasteiger partial charge in [-0.1, -0.05) is 34.4 Å². The molecule has 0 radical (unpaired) electrons. The summed E-state index contributed by atoms with van der Waals surface area (Å²) in [6, 6.07) is 6.60. The number of thiophene rings is 1. The quantitative estimate of drug-likeness (QED) is 0.492. The molecule has 2 N–H and O–H groups in total. The SMILES string of the molecule is O/N=C(/C=C/c1cc(Cl)c(Cl)cc1O)c1cccs1. The summed E-state index contributed by atoms with van der Waals surface area (Å²) in [7, 11) is 0. The van der Waals surface area contributed by atoms with Gasteiger partial charge in [-0.2, -0.15) is 0 Å². The average molecular weight is 314 g/mol. The zero-order valence-corrected chi connectivity index (χ0v) is 11.9. The maximum atomic E-state index is 9.74. The Balaban J connectivity index is 2.30. The van der Waals surface area contributed by atoms with Crippen molar-refractivity contribution in [2.24, 2.45) is 5.16 Å². The van der Waals surface area contributed by atoms with Crippen LogP contribution >= 0.6 is 34.5 Å². The molecule has 0 unspecified atom stereocenters. The minimum atomic E-state index is 0.00844. The normalized spacial score (nSPS) is 12.2. The van der Waals surface area contributed by atoms with Gasteiger partial charge in [-0.3, -0.25) is 0 Å². The lowest BCUT2D eigenvalue weighted by Crippen LogP contribution is -1.92. The second kappa shape index (κ2) is 6.10. The van der Waals surface area contributed by atoms with Crippen molar-refractivity contribution in [3.8, 4) is 5.75 Å². The van der Waals surface area contributed by atoms with Gasteiger partial charge in [0, 0.05) is 11.6 Å². The molecular formula is C13H9Cl2NO2S. The molecule has 1 aromatic heterocycles. The number of phenols is 1. The first kappa shape index (κ1) is 13.9. The van der Waals surface area contributed by atoms with Crippen LogP contribution in [0.15, 0.2) is 40.9 Å². The van der Waals surface area contributed by atoms with Gasteiger partial charge < -0.3 is 10.3 Å². The van der Waals surface area contributed by atoms with Crippen molar-refractivity contribution in [3.05, 3.63) is 56.2 Å². The third kappa shape index (κ3) is 3.29. The van der Waals surface area contributed by atoms with Gasteiger partial charge in [0.25, 0.3) is 0 Å². The standard InChI is InChI=1S/C13H9Cl2NO2S/c14-9-6-8(12(17)7-10(9)15)3-4-11(16-18)13-2-1-5-19-13/h1-7,17-18H/b4-3+,16-11-. The summed E-state index contributed by atoms with van der Waals surface area (Å²) in [5, 5.41) is 24.4. The van der Waals surface area contributed by atoms with Crippen molar-refractivity contribution in [1.29, 1.82) is 0 Å². The van der Waals surface area contributed by atoms with E-state index in [4.69, 9.17) is 28.4 Å². The van der Waals surface area contributed by atoms with E-state index in [2.05, 4.69) is 5.16 Å². The Labute approximate surface area is 124 Å². The van der Waals surface area contributed by atoms with Crippen LogP contribution in [-0.4, -0.2) is 16.0 Å². The van der Waals surface area contributed by atoms with Crippen molar-refractivity contribution < 1.29 is 10.3 Å². The van der Waals surface area contributed by atoms with Crippen LogP contribution in [0.5, 0.6) is 5.75 Å². The molecule has 0 saturated carbocycles. The van der Waals surface area contributed by atoms with Gasteiger partial charge in [-0.25, -0.2) is 0 Å². The predicted octanol–water partition coefficient (Wildman–Crippen LogP) is 4.65. The van der Waals surface area contributed by atoms with Crippen molar-refractivity contribution in [3.63, 3.8) is 0 Å². The van der Waals surface area contributed by atoms with Gasteiger partial charge in [-0.15, -0.1) is 11.3 Å². The molecule has 0 aliphatic carbocycles. The number of phenolic OH excluding ortho intramolecular Hbond substituents is 1. The number of rotatable bonds is 3. The van der Waals surface area contributed by atoms with E-state index >= 15 is 0 Å². The Kier molecular flexibility index (Phi) is 4.47. The van der Waals surface area contributed by atoms with Crippen LogP contribution in [0.1, 0.15) is 10.4 Å². The molecular weight excluding hydrogens is 305 g/mol. The summed E-state index contributed by atoms with van der Waals surface area (Å²) < 4.78 is 0. The molecule has 6 heteroatoms. The van der Waals surface area contributed by atoms with E-state index in [9.17, 15) is 5.11 Å². The Hall–Kier alpha value is -1.49. The van der Waals surface area contributed by atoms with Crippen molar-refractivity contribution >= 4 is 46.3 Å². The lowest BCUT2D eigenvalue weighted by molar-refractivity contribution is 0.320. The monoisotopic (exact) mass is 313 g/mol. The number of halogens is 2. The molecule has 0 fully saturated rings. The van der Waals surface area contributed by atoms with Gasteiger partial charge in [0.2, 0.25) is 0 Å². The molecule has 0 atom stereocenters. The van der Waals surface area contributed by atoms with E-state index in [0.29, 0.717) is 16.3 Å². The Bertz CT molecular complexity index is 636. The number of benzene rings is 1. The highest BCUT2D eigenvalue weighted by Gasteiger charge is 2.06.